The zero-order valence-electron chi connectivity index (χ0n) is 13.5. The lowest BCUT2D eigenvalue weighted by atomic mass is 9.82. The maximum absolute atomic E-state index is 5.94. The number of halogens is 1. The molecule has 4 unspecified atom stereocenters. The monoisotopic (exact) mass is 340 g/mol. The topological polar surface area (TPSA) is 41.1 Å². The summed E-state index contributed by atoms with van der Waals surface area (Å²) in [7, 11) is 0. The fraction of sp³-hybridized carbons (Fsp3) is 0.474. The summed E-state index contributed by atoms with van der Waals surface area (Å²) >= 11 is 5.94. The van der Waals surface area contributed by atoms with Crippen molar-refractivity contribution in [2.24, 2.45) is 11.8 Å². The number of hydrogen-bond acceptors (Lipinski definition) is 4. The second kappa shape index (κ2) is 5.80. The van der Waals surface area contributed by atoms with Crippen LogP contribution < -0.4 is 5.32 Å². The molecule has 0 amide bonds. The van der Waals surface area contributed by atoms with Crippen molar-refractivity contribution in [1.82, 2.24) is 20.2 Å². The predicted molar refractivity (Wildman–Crippen MR) is 94.7 cm³/mol. The van der Waals surface area contributed by atoms with E-state index in [1.165, 1.54) is 31.5 Å². The molecule has 1 N–H and O–H groups in total. The van der Waals surface area contributed by atoms with Crippen molar-refractivity contribution in [1.29, 1.82) is 0 Å². The third-order valence-corrected chi connectivity index (χ3v) is 6.33. The lowest BCUT2D eigenvalue weighted by molar-refractivity contribution is 0.218. The number of aromatic nitrogens is 2. The molecule has 4 heterocycles. The van der Waals surface area contributed by atoms with Gasteiger partial charge < -0.3 is 5.32 Å². The van der Waals surface area contributed by atoms with E-state index in [0.29, 0.717) is 0 Å². The van der Waals surface area contributed by atoms with Crippen LogP contribution in [0.15, 0.2) is 36.7 Å². The van der Waals surface area contributed by atoms with Gasteiger partial charge in [0.2, 0.25) is 0 Å². The average molecular weight is 341 g/mol. The van der Waals surface area contributed by atoms with E-state index in [-0.39, 0.29) is 0 Å². The Morgan fingerprint density at radius 1 is 1.00 bits per heavy atom. The van der Waals surface area contributed by atoms with Gasteiger partial charge in [0, 0.05) is 47.2 Å². The van der Waals surface area contributed by atoms with Gasteiger partial charge in [0.25, 0.3) is 0 Å². The quantitative estimate of drug-likeness (QED) is 0.932. The Hall–Kier alpha value is -1.49. The molecular weight excluding hydrogens is 320 g/mol. The number of nitrogens with zero attached hydrogens (tertiary/aromatic N) is 3. The van der Waals surface area contributed by atoms with Gasteiger partial charge in [-0.2, -0.15) is 0 Å². The van der Waals surface area contributed by atoms with Crippen LogP contribution in [-0.2, 0) is 6.54 Å². The van der Waals surface area contributed by atoms with Crippen LogP contribution in [0.5, 0.6) is 0 Å². The first-order chi connectivity index (χ1) is 11.8. The average Bonchev–Trinajstić information content (AvgIpc) is 3.29. The Morgan fingerprint density at radius 2 is 1.62 bits per heavy atom. The van der Waals surface area contributed by atoms with Gasteiger partial charge >= 0.3 is 0 Å². The molecular formula is C19H21ClN4. The first-order valence-electron chi connectivity index (χ1n) is 8.83. The smallest absolute Gasteiger partial charge is 0.159 e. The van der Waals surface area contributed by atoms with Gasteiger partial charge in [-0.1, -0.05) is 11.6 Å². The summed E-state index contributed by atoms with van der Waals surface area (Å²) in [5, 5.41) is 4.31. The second-order valence-electron chi connectivity index (χ2n) is 7.29. The standard InChI is InChI=1S/C19H21ClN4/c20-14-3-1-13(2-4-14)19-22-7-12(8-23-19)11-24-17-5-6-18(24)16-10-21-9-15(16)17/h1-4,7-8,15-18,21H,5-6,9-11H2. The highest BCUT2D eigenvalue weighted by atomic mass is 35.5. The lowest BCUT2D eigenvalue weighted by Gasteiger charge is -2.24. The summed E-state index contributed by atoms with van der Waals surface area (Å²) in [4.78, 5) is 11.9. The Morgan fingerprint density at radius 3 is 2.25 bits per heavy atom. The lowest BCUT2D eigenvalue weighted by Crippen LogP contribution is -2.33. The molecule has 2 aromatic rings. The molecule has 5 rings (SSSR count). The van der Waals surface area contributed by atoms with Crippen molar-refractivity contribution in [3.8, 4) is 11.4 Å². The van der Waals surface area contributed by atoms with Gasteiger partial charge in [0.1, 0.15) is 0 Å². The number of rotatable bonds is 3. The maximum Gasteiger partial charge on any atom is 0.159 e. The molecule has 3 fully saturated rings. The van der Waals surface area contributed by atoms with Gasteiger partial charge in [-0.25, -0.2) is 9.97 Å². The normalized spacial score (nSPS) is 31.5. The van der Waals surface area contributed by atoms with Gasteiger partial charge in [-0.05, 0) is 62.0 Å². The number of benzene rings is 1. The molecule has 24 heavy (non-hydrogen) atoms. The van der Waals surface area contributed by atoms with E-state index in [0.717, 1.165) is 46.9 Å². The van der Waals surface area contributed by atoms with Gasteiger partial charge in [-0.3, -0.25) is 4.90 Å². The molecule has 0 saturated carbocycles. The predicted octanol–water partition coefficient (Wildman–Crippen LogP) is 2.98. The van der Waals surface area contributed by atoms with Crippen LogP contribution >= 0.6 is 11.6 Å². The molecule has 1 aromatic heterocycles. The molecule has 5 heteroatoms. The van der Waals surface area contributed by atoms with Crippen LogP contribution in [-0.4, -0.2) is 40.0 Å². The minimum absolute atomic E-state index is 0.736. The van der Waals surface area contributed by atoms with Gasteiger partial charge in [-0.15, -0.1) is 0 Å². The van der Waals surface area contributed by atoms with Crippen LogP contribution in [0.3, 0.4) is 0 Å². The molecule has 3 aliphatic heterocycles. The van der Waals surface area contributed by atoms with E-state index in [2.05, 4.69) is 20.2 Å². The molecule has 3 aliphatic rings. The minimum atomic E-state index is 0.736. The SMILES string of the molecule is Clc1ccc(-c2ncc(CN3C4CCC3C3CNCC34)cn2)cc1. The van der Waals surface area contributed by atoms with E-state index in [1.807, 2.05) is 36.7 Å². The summed E-state index contributed by atoms with van der Waals surface area (Å²) in [5.74, 6) is 2.48. The number of nitrogens with one attached hydrogen (secondary N) is 1. The number of hydrogen-bond donors (Lipinski definition) is 1. The molecule has 1 aromatic carbocycles. The molecule has 0 spiro atoms. The fourth-order valence-electron chi connectivity index (χ4n) is 5.03. The highest BCUT2D eigenvalue weighted by Crippen LogP contribution is 2.47. The highest BCUT2D eigenvalue weighted by molar-refractivity contribution is 6.30. The van der Waals surface area contributed by atoms with E-state index >= 15 is 0 Å². The minimum Gasteiger partial charge on any atom is -0.316 e. The molecule has 2 bridgehead atoms. The Kier molecular flexibility index (Phi) is 3.58. The fourth-order valence-corrected chi connectivity index (χ4v) is 5.16. The summed E-state index contributed by atoms with van der Waals surface area (Å²) in [5.41, 5.74) is 2.23. The molecule has 3 saturated heterocycles. The molecule has 0 aliphatic carbocycles. The molecule has 124 valence electrons. The van der Waals surface area contributed by atoms with Crippen LogP contribution in [0.25, 0.3) is 11.4 Å². The largest absolute Gasteiger partial charge is 0.316 e. The molecule has 0 radical (unpaired) electrons. The van der Waals surface area contributed by atoms with Crippen LogP contribution in [0.1, 0.15) is 18.4 Å². The van der Waals surface area contributed by atoms with E-state index in [1.54, 1.807) is 0 Å². The number of fused-ring (bicyclic) bond motifs is 5. The Bertz CT molecular complexity index is 712. The third kappa shape index (κ3) is 2.36. The van der Waals surface area contributed by atoms with Crippen LogP contribution in [0.2, 0.25) is 5.02 Å². The van der Waals surface area contributed by atoms with Gasteiger partial charge in [0.05, 0.1) is 0 Å². The van der Waals surface area contributed by atoms with Crippen LogP contribution in [0.4, 0.5) is 0 Å². The summed E-state index contributed by atoms with van der Waals surface area (Å²) in [6, 6.07) is 9.20. The summed E-state index contributed by atoms with van der Waals surface area (Å²) in [6.07, 6.45) is 6.69. The van der Waals surface area contributed by atoms with Crippen molar-refractivity contribution in [3.05, 3.63) is 47.2 Å². The van der Waals surface area contributed by atoms with Crippen molar-refractivity contribution in [3.63, 3.8) is 0 Å². The second-order valence-corrected chi connectivity index (χ2v) is 7.73. The summed E-state index contributed by atoms with van der Waals surface area (Å²) < 4.78 is 0. The summed E-state index contributed by atoms with van der Waals surface area (Å²) in [6.45, 7) is 3.39. The Labute approximate surface area is 147 Å². The van der Waals surface area contributed by atoms with E-state index in [9.17, 15) is 0 Å². The molecule has 4 nitrogen and oxygen atoms in total. The highest BCUT2D eigenvalue weighted by Gasteiger charge is 2.54. The zero-order valence-corrected chi connectivity index (χ0v) is 14.3. The van der Waals surface area contributed by atoms with Crippen molar-refractivity contribution < 1.29 is 0 Å². The first kappa shape index (κ1) is 14.8. The zero-order chi connectivity index (χ0) is 16.1. The molecule has 4 atom stereocenters. The third-order valence-electron chi connectivity index (χ3n) is 6.08. The van der Waals surface area contributed by atoms with E-state index in [4.69, 9.17) is 11.6 Å². The van der Waals surface area contributed by atoms with Crippen molar-refractivity contribution >= 4 is 11.6 Å². The van der Waals surface area contributed by atoms with Crippen molar-refractivity contribution in [2.45, 2.75) is 31.5 Å². The van der Waals surface area contributed by atoms with Gasteiger partial charge in [0.15, 0.2) is 5.82 Å². The van der Waals surface area contributed by atoms with Crippen molar-refractivity contribution in [2.75, 3.05) is 13.1 Å². The maximum atomic E-state index is 5.94. The van der Waals surface area contributed by atoms with E-state index < -0.39 is 0 Å². The first-order valence-corrected chi connectivity index (χ1v) is 9.21. The Balaban J connectivity index is 1.33. The van der Waals surface area contributed by atoms with Crippen LogP contribution in [0, 0.1) is 11.8 Å².